The van der Waals surface area contributed by atoms with E-state index < -0.39 is 6.09 Å². The van der Waals surface area contributed by atoms with Gasteiger partial charge in [-0.1, -0.05) is 19.9 Å². The molecule has 0 spiro atoms. The minimum Gasteiger partial charge on any atom is -0.453 e. The standard InChI is InChI=1S/C13H16N2O2/c1-8(2)11-6-9-4-5-10(7-12(9)15-11)14-13(16)17-3/h4-5,7-8H,6H2,1-3H3,(H,14,16). The molecule has 4 nitrogen and oxygen atoms in total. The zero-order valence-corrected chi connectivity index (χ0v) is 10.3. The summed E-state index contributed by atoms with van der Waals surface area (Å²) in [5, 5.41) is 2.63. The highest BCUT2D eigenvalue weighted by Crippen LogP contribution is 2.31. The predicted octanol–water partition coefficient (Wildman–Crippen LogP) is 3.15. The van der Waals surface area contributed by atoms with Crippen molar-refractivity contribution < 1.29 is 9.53 Å². The van der Waals surface area contributed by atoms with Crippen LogP contribution in [-0.2, 0) is 11.2 Å². The lowest BCUT2D eigenvalue weighted by Crippen LogP contribution is -2.10. The van der Waals surface area contributed by atoms with Crippen LogP contribution in [-0.4, -0.2) is 18.9 Å². The second-order valence-electron chi connectivity index (χ2n) is 4.39. The van der Waals surface area contributed by atoms with Gasteiger partial charge >= 0.3 is 6.09 Å². The van der Waals surface area contributed by atoms with Crippen molar-refractivity contribution in [2.75, 3.05) is 12.4 Å². The number of rotatable bonds is 2. The highest BCUT2D eigenvalue weighted by atomic mass is 16.5. The lowest BCUT2D eigenvalue weighted by atomic mass is 10.0. The van der Waals surface area contributed by atoms with E-state index >= 15 is 0 Å². The summed E-state index contributed by atoms with van der Waals surface area (Å²) in [4.78, 5) is 15.7. The van der Waals surface area contributed by atoms with Gasteiger partial charge in [0.2, 0.25) is 0 Å². The lowest BCUT2D eigenvalue weighted by Gasteiger charge is -2.04. The maximum absolute atomic E-state index is 11.1. The van der Waals surface area contributed by atoms with Gasteiger partial charge < -0.3 is 4.74 Å². The van der Waals surface area contributed by atoms with E-state index in [4.69, 9.17) is 0 Å². The number of nitrogens with zero attached hydrogens (tertiary/aromatic N) is 1. The second-order valence-corrected chi connectivity index (χ2v) is 4.39. The molecule has 1 aromatic carbocycles. The topological polar surface area (TPSA) is 50.7 Å². The Labute approximate surface area is 101 Å². The van der Waals surface area contributed by atoms with Gasteiger partial charge in [0, 0.05) is 17.8 Å². The van der Waals surface area contributed by atoms with Crippen LogP contribution in [0.15, 0.2) is 23.2 Å². The van der Waals surface area contributed by atoms with E-state index in [0.717, 1.165) is 12.1 Å². The number of anilines is 1. The van der Waals surface area contributed by atoms with Crippen molar-refractivity contribution in [1.29, 1.82) is 0 Å². The van der Waals surface area contributed by atoms with E-state index in [1.807, 2.05) is 18.2 Å². The van der Waals surface area contributed by atoms with Crippen LogP contribution < -0.4 is 5.32 Å². The Bertz CT molecular complexity index is 478. The van der Waals surface area contributed by atoms with Gasteiger partial charge in [0.25, 0.3) is 0 Å². The molecule has 0 saturated heterocycles. The fourth-order valence-corrected chi connectivity index (χ4v) is 1.79. The molecular weight excluding hydrogens is 216 g/mol. The molecular formula is C13H16N2O2. The largest absolute Gasteiger partial charge is 0.453 e. The smallest absolute Gasteiger partial charge is 0.411 e. The molecule has 1 aromatic rings. The first kappa shape index (κ1) is 11.6. The summed E-state index contributed by atoms with van der Waals surface area (Å²) in [6.45, 7) is 4.27. The number of carbonyl (C=O) groups is 1. The molecule has 1 N–H and O–H groups in total. The molecule has 1 amide bonds. The average Bonchev–Trinajstić information content (AvgIpc) is 2.72. The summed E-state index contributed by atoms with van der Waals surface area (Å²) >= 11 is 0. The van der Waals surface area contributed by atoms with Gasteiger partial charge in [0.05, 0.1) is 12.8 Å². The molecule has 0 saturated carbocycles. The van der Waals surface area contributed by atoms with Crippen LogP contribution in [0.5, 0.6) is 0 Å². The number of nitrogens with one attached hydrogen (secondary N) is 1. The fourth-order valence-electron chi connectivity index (χ4n) is 1.79. The van der Waals surface area contributed by atoms with E-state index in [1.165, 1.54) is 18.4 Å². The zero-order valence-electron chi connectivity index (χ0n) is 10.3. The molecule has 0 aromatic heterocycles. The van der Waals surface area contributed by atoms with E-state index in [0.29, 0.717) is 11.6 Å². The molecule has 1 aliphatic rings. The summed E-state index contributed by atoms with van der Waals surface area (Å²) < 4.78 is 4.55. The SMILES string of the molecule is COC(=O)Nc1ccc2c(c1)N=C(C(C)C)C2. The Morgan fingerprint density at radius 1 is 1.47 bits per heavy atom. The number of methoxy groups -OCH3 is 1. The van der Waals surface area contributed by atoms with E-state index in [9.17, 15) is 4.79 Å². The highest BCUT2D eigenvalue weighted by Gasteiger charge is 2.17. The van der Waals surface area contributed by atoms with Gasteiger partial charge in [-0.05, 0) is 23.6 Å². The third-order valence-corrected chi connectivity index (χ3v) is 2.82. The fraction of sp³-hybridized carbons (Fsp3) is 0.385. The third kappa shape index (κ3) is 2.46. The zero-order chi connectivity index (χ0) is 12.4. The molecule has 0 unspecified atom stereocenters. The Morgan fingerprint density at radius 2 is 2.24 bits per heavy atom. The van der Waals surface area contributed by atoms with E-state index in [2.05, 4.69) is 28.9 Å². The molecule has 0 bridgehead atoms. The van der Waals surface area contributed by atoms with Crippen molar-refractivity contribution in [2.45, 2.75) is 20.3 Å². The number of carbonyl (C=O) groups excluding carboxylic acids is 1. The molecule has 4 heteroatoms. The molecule has 1 aliphatic heterocycles. The van der Waals surface area contributed by atoms with Crippen molar-refractivity contribution in [3.8, 4) is 0 Å². The molecule has 0 atom stereocenters. The van der Waals surface area contributed by atoms with Gasteiger partial charge in [-0.25, -0.2) is 4.79 Å². The molecule has 0 fully saturated rings. The van der Waals surface area contributed by atoms with Gasteiger partial charge in [-0.15, -0.1) is 0 Å². The van der Waals surface area contributed by atoms with E-state index in [1.54, 1.807) is 0 Å². The van der Waals surface area contributed by atoms with Gasteiger partial charge in [0.15, 0.2) is 0 Å². The Morgan fingerprint density at radius 3 is 2.88 bits per heavy atom. The van der Waals surface area contributed by atoms with Gasteiger partial charge in [0.1, 0.15) is 0 Å². The van der Waals surface area contributed by atoms with Gasteiger partial charge in [-0.3, -0.25) is 10.3 Å². The Kier molecular flexibility index (Phi) is 3.13. The third-order valence-electron chi connectivity index (χ3n) is 2.82. The Balaban J connectivity index is 2.21. The molecule has 90 valence electrons. The molecule has 0 radical (unpaired) electrons. The first-order chi connectivity index (χ1) is 8.10. The monoisotopic (exact) mass is 232 g/mol. The van der Waals surface area contributed by atoms with Crippen LogP contribution in [0.1, 0.15) is 19.4 Å². The van der Waals surface area contributed by atoms with Crippen LogP contribution in [0.25, 0.3) is 0 Å². The number of amides is 1. The lowest BCUT2D eigenvalue weighted by molar-refractivity contribution is 0.187. The molecule has 2 rings (SSSR count). The van der Waals surface area contributed by atoms with Crippen molar-refractivity contribution in [3.63, 3.8) is 0 Å². The summed E-state index contributed by atoms with van der Waals surface area (Å²) in [6, 6.07) is 5.75. The van der Waals surface area contributed by atoms with Crippen LogP contribution in [0.4, 0.5) is 16.2 Å². The molecule has 17 heavy (non-hydrogen) atoms. The number of hydrogen-bond donors (Lipinski definition) is 1. The maximum Gasteiger partial charge on any atom is 0.411 e. The average molecular weight is 232 g/mol. The summed E-state index contributed by atoms with van der Waals surface area (Å²) in [7, 11) is 1.34. The van der Waals surface area contributed by atoms with Crippen LogP contribution in [0.2, 0.25) is 0 Å². The van der Waals surface area contributed by atoms with Crippen molar-refractivity contribution >= 4 is 23.2 Å². The highest BCUT2D eigenvalue weighted by molar-refractivity contribution is 5.96. The predicted molar refractivity (Wildman–Crippen MR) is 68.1 cm³/mol. The minimum atomic E-state index is -0.462. The number of ether oxygens (including phenoxy) is 1. The first-order valence-electron chi connectivity index (χ1n) is 5.65. The summed E-state index contributed by atoms with van der Waals surface area (Å²) in [6.07, 6.45) is 0.446. The van der Waals surface area contributed by atoms with Crippen molar-refractivity contribution in [1.82, 2.24) is 0 Å². The van der Waals surface area contributed by atoms with Crippen LogP contribution in [0.3, 0.4) is 0 Å². The second kappa shape index (κ2) is 4.57. The van der Waals surface area contributed by atoms with Crippen molar-refractivity contribution in [3.05, 3.63) is 23.8 Å². The maximum atomic E-state index is 11.1. The number of hydrogen-bond acceptors (Lipinski definition) is 3. The number of fused-ring (bicyclic) bond motifs is 1. The molecule has 0 aliphatic carbocycles. The van der Waals surface area contributed by atoms with Crippen molar-refractivity contribution in [2.24, 2.45) is 10.9 Å². The van der Waals surface area contributed by atoms with E-state index in [-0.39, 0.29) is 0 Å². The quantitative estimate of drug-likeness (QED) is 0.851. The molecule has 1 heterocycles. The minimum absolute atomic E-state index is 0.458. The normalized spacial score (nSPS) is 13.3. The van der Waals surface area contributed by atoms with Crippen LogP contribution in [0, 0.1) is 5.92 Å². The number of aliphatic imine (C=N–C) groups is 1. The van der Waals surface area contributed by atoms with Gasteiger partial charge in [-0.2, -0.15) is 0 Å². The van der Waals surface area contributed by atoms with Crippen LogP contribution >= 0.6 is 0 Å². The Hall–Kier alpha value is -1.84. The summed E-state index contributed by atoms with van der Waals surface area (Å²) in [5.74, 6) is 0.458. The number of benzene rings is 1. The summed E-state index contributed by atoms with van der Waals surface area (Å²) in [5.41, 5.74) is 4.06. The first-order valence-corrected chi connectivity index (χ1v) is 5.65.